The van der Waals surface area contributed by atoms with Gasteiger partial charge in [0.1, 0.15) is 0 Å². The van der Waals surface area contributed by atoms with Gasteiger partial charge in [-0.05, 0) is 32.8 Å². The SMILES string of the molecule is CCOC(=O)C1=C[C@@H](OC(C)CC)[C@H](NC(C)=O)[C@@H](N)C1. The molecule has 1 amide bonds. The molecule has 4 atom stereocenters. The molecule has 0 spiro atoms. The van der Waals surface area contributed by atoms with Gasteiger partial charge in [0.2, 0.25) is 5.91 Å². The summed E-state index contributed by atoms with van der Waals surface area (Å²) in [5.74, 6) is -0.534. The molecule has 120 valence electrons. The van der Waals surface area contributed by atoms with Crippen molar-refractivity contribution in [1.82, 2.24) is 5.32 Å². The highest BCUT2D eigenvalue weighted by Crippen LogP contribution is 2.23. The van der Waals surface area contributed by atoms with Crippen LogP contribution in [0.15, 0.2) is 11.6 Å². The van der Waals surface area contributed by atoms with Gasteiger partial charge in [0, 0.05) is 18.5 Å². The standard InChI is InChI=1S/C15H26N2O4/c1-5-9(3)21-13-8-11(15(19)20-6-2)7-12(16)14(13)17-10(4)18/h8-9,12-14H,5-7,16H2,1-4H3,(H,17,18)/t9?,12-,13+,14+/m0/s1. The smallest absolute Gasteiger partial charge is 0.333 e. The van der Waals surface area contributed by atoms with Gasteiger partial charge in [-0.1, -0.05) is 6.92 Å². The molecule has 0 saturated heterocycles. The Labute approximate surface area is 126 Å². The van der Waals surface area contributed by atoms with E-state index in [9.17, 15) is 9.59 Å². The van der Waals surface area contributed by atoms with Crippen LogP contribution in [0.3, 0.4) is 0 Å². The average Bonchev–Trinajstić information content (AvgIpc) is 2.42. The Morgan fingerprint density at radius 1 is 1.48 bits per heavy atom. The van der Waals surface area contributed by atoms with Crippen molar-refractivity contribution in [1.29, 1.82) is 0 Å². The third kappa shape index (κ3) is 5.13. The van der Waals surface area contributed by atoms with Gasteiger partial charge in [-0.25, -0.2) is 4.79 Å². The third-order valence-corrected chi connectivity index (χ3v) is 3.51. The molecule has 0 radical (unpaired) electrons. The van der Waals surface area contributed by atoms with Crippen molar-refractivity contribution in [3.8, 4) is 0 Å². The highest BCUT2D eigenvalue weighted by Gasteiger charge is 2.35. The van der Waals surface area contributed by atoms with E-state index in [1.165, 1.54) is 6.92 Å². The molecule has 3 N–H and O–H groups in total. The number of esters is 1. The topological polar surface area (TPSA) is 90.6 Å². The zero-order chi connectivity index (χ0) is 16.0. The zero-order valence-corrected chi connectivity index (χ0v) is 13.2. The minimum absolute atomic E-state index is 0.0104. The molecule has 0 bridgehead atoms. The molecule has 0 heterocycles. The van der Waals surface area contributed by atoms with Crippen LogP contribution in [-0.2, 0) is 19.1 Å². The van der Waals surface area contributed by atoms with Gasteiger partial charge in [-0.2, -0.15) is 0 Å². The Hall–Kier alpha value is -1.40. The number of amides is 1. The van der Waals surface area contributed by atoms with Gasteiger partial charge in [-0.3, -0.25) is 4.79 Å². The van der Waals surface area contributed by atoms with Crippen molar-refractivity contribution in [2.75, 3.05) is 6.61 Å². The average molecular weight is 298 g/mol. The molecule has 21 heavy (non-hydrogen) atoms. The zero-order valence-electron chi connectivity index (χ0n) is 13.2. The summed E-state index contributed by atoms with van der Waals surface area (Å²) in [6.07, 6.45) is 2.52. The lowest BCUT2D eigenvalue weighted by atomic mass is 9.88. The molecule has 6 heteroatoms. The minimum Gasteiger partial charge on any atom is -0.463 e. The Balaban J connectivity index is 2.95. The molecule has 1 unspecified atom stereocenters. The Kier molecular flexibility index (Phi) is 6.84. The molecule has 0 fully saturated rings. The van der Waals surface area contributed by atoms with E-state index in [1.54, 1.807) is 13.0 Å². The quantitative estimate of drug-likeness (QED) is 0.711. The van der Waals surface area contributed by atoms with E-state index in [4.69, 9.17) is 15.2 Å². The van der Waals surface area contributed by atoms with Crippen LogP contribution in [0.1, 0.15) is 40.5 Å². The molecule has 1 aliphatic rings. The van der Waals surface area contributed by atoms with Gasteiger partial charge in [-0.15, -0.1) is 0 Å². The van der Waals surface area contributed by atoms with Gasteiger partial charge in [0.05, 0.1) is 24.9 Å². The minimum atomic E-state index is -0.424. The highest BCUT2D eigenvalue weighted by molar-refractivity contribution is 5.89. The lowest BCUT2D eigenvalue weighted by Crippen LogP contribution is -2.57. The van der Waals surface area contributed by atoms with Crippen molar-refractivity contribution in [3.05, 3.63) is 11.6 Å². The summed E-state index contributed by atoms with van der Waals surface area (Å²) in [5.41, 5.74) is 6.63. The number of ether oxygens (including phenoxy) is 2. The van der Waals surface area contributed by atoms with Crippen LogP contribution in [0.5, 0.6) is 0 Å². The van der Waals surface area contributed by atoms with Crippen LogP contribution in [0.2, 0.25) is 0 Å². The van der Waals surface area contributed by atoms with Gasteiger partial charge in [0.25, 0.3) is 0 Å². The third-order valence-electron chi connectivity index (χ3n) is 3.51. The Morgan fingerprint density at radius 3 is 2.67 bits per heavy atom. The van der Waals surface area contributed by atoms with Crippen molar-refractivity contribution in [2.24, 2.45) is 5.73 Å². The van der Waals surface area contributed by atoms with E-state index >= 15 is 0 Å². The summed E-state index contributed by atoms with van der Waals surface area (Å²) in [4.78, 5) is 23.2. The summed E-state index contributed by atoms with van der Waals surface area (Å²) in [5, 5.41) is 2.82. The molecular weight excluding hydrogens is 272 g/mol. The van der Waals surface area contributed by atoms with Gasteiger partial charge in [0.15, 0.2) is 0 Å². The molecule has 0 aromatic carbocycles. The van der Waals surface area contributed by atoms with E-state index < -0.39 is 6.10 Å². The molecular formula is C15H26N2O4. The summed E-state index contributed by atoms with van der Waals surface area (Å²) >= 11 is 0. The number of nitrogens with two attached hydrogens (primary N) is 1. The summed E-state index contributed by atoms with van der Waals surface area (Å²) < 4.78 is 10.9. The number of carbonyl (C=O) groups is 2. The molecule has 0 aliphatic heterocycles. The Morgan fingerprint density at radius 2 is 2.14 bits per heavy atom. The molecule has 0 aromatic heterocycles. The number of hydrogen-bond acceptors (Lipinski definition) is 5. The van der Waals surface area contributed by atoms with Crippen LogP contribution in [-0.4, -0.2) is 42.8 Å². The maximum absolute atomic E-state index is 11.9. The first-order valence-electron chi connectivity index (χ1n) is 7.44. The molecule has 0 aromatic rings. The molecule has 6 nitrogen and oxygen atoms in total. The maximum atomic E-state index is 11.9. The van der Waals surface area contributed by atoms with E-state index in [1.807, 2.05) is 13.8 Å². The second kappa shape index (κ2) is 8.14. The van der Waals surface area contributed by atoms with Crippen molar-refractivity contribution >= 4 is 11.9 Å². The first-order chi connectivity index (χ1) is 9.88. The largest absolute Gasteiger partial charge is 0.463 e. The summed E-state index contributed by atoms with van der Waals surface area (Å²) in [7, 11) is 0. The fourth-order valence-electron chi connectivity index (χ4n) is 2.28. The van der Waals surface area contributed by atoms with E-state index in [-0.39, 0.29) is 30.1 Å². The predicted octanol–water partition coefficient (Wildman–Crippen LogP) is 0.895. The van der Waals surface area contributed by atoms with Crippen molar-refractivity contribution in [2.45, 2.75) is 64.8 Å². The first kappa shape index (κ1) is 17.7. The second-order valence-corrected chi connectivity index (χ2v) is 5.33. The number of rotatable bonds is 6. The fourth-order valence-corrected chi connectivity index (χ4v) is 2.28. The Bertz CT molecular complexity index is 408. The molecule has 0 saturated carbocycles. The van der Waals surface area contributed by atoms with Crippen LogP contribution in [0.25, 0.3) is 0 Å². The summed E-state index contributed by atoms with van der Waals surface area (Å²) in [6.45, 7) is 7.48. The first-order valence-corrected chi connectivity index (χ1v) is 7.44. The van der Waals surface area contributed by atoms with Crippen LogP contribution < -0.4 is 11.1 Å². The van der Waals surface area contributed by atoms with Gasteiger partial charge < -0.3 is 20.5 Å². The van der Waals surface area contributed by atoms with E-state index in [0.29, 0.717) is 18.6 Å². The molecule has 1 rings (SSSR count). The van der Waals surface area contributed by atoms with Crippen LogP contribution in [0.4, 0.5) is 0 Å². The number of nitrogens with one attached hydrogen (secondary N) is 1. The monoisotopic (exact) mass is 298 g/mol. The van der Waals surface area contributed by atoms with Crippen LogP contribution in [0, 0.1) is 0 Å². The molecule has 1 aliphatic carbocycles. The highest BCUT2D eigenvalue weighted by atomic mass is 16.5. The lowest BCUT2D eigenvalue weighted by Gasteiger charge is -2.36. The second-order valence-electron chi connectivity index (χ2n) is 5.33. The van der Waals surface area contributed by atoms with Crippen molar-refractivity contribution in [3.63, 3.8) is 0 Å². The maximum Gasteiger partial charge on any atom is 0.333 e. The lowest BCUT2D eigenvalue weighted by molar-refractivity contribution is -0.139. The number of hydrogen-bond donors (Lipinski definition) is 2. The van der Waals surface area contributed by atoms with Crippen molar-refractivity contribution < 1.29 is 19.1 Å². The summed E-state index contributed by atoms with van der Waals surface area (Å²) in [6, 6.07) is -0.720. The normalized spacial score (nSPS) is 26.7. The van der Waals surface area contributed by atoms with E-state index in [0.717, 1.165) is 6.42 Å². The van der Waals surface area contributed by atoms with Crippen LogP contribution >= 0.6 is 0 Å². The van der Waals surface area contributed by atoms with E-state index in [2.05, 4.69) is 5.32 Å². The predicted molar refractivity (Wildman–Crippen MR) is 79.5 cm³/mol. The van der Waals surface area contributed by atoms with Gasteiger partial charge >= 0.3 is 5.97 Å². The fraction of sp³-hybridized carbons (Fsp3) is 0.733. The number of carbonyl (C=O) groups excluding carboxylic acids is 2.